The van der Waals surface area contributed by atoms with Gasteiger partial charge in [0.1, 0.15) is 5.82 Å². The first-order chi connectivity index (χ1) is 10.0. The normalized spacial score (nSPS) is 28.5. The maximum Gasteiger partial charge on any atom is 0.123 e. The first-order valence-electron chi connectivity index (χ1n) is 8.50. The highest BCUT2D eigenvalue weighted by atomic mass is 19.1. The summed E-state index contributed by atoms with van der Waals surface area (Å²) in [5, 5.41) is 3.71. The Morgan fingerprint density at radius 2 is 2.00 bits per heavy atom. The molecule has 1 aromatic carbocycles. The third-order valence-corrected chi connectivity index (χ3v) is 5.31. The SMILES string of the molecule is CC1(C)CCC(CNC2CC2)C(Cc2cccc(F)c2)C1. The van der Waals surface area contributed by atoms with Crippen molar-refractivity contribution in [2.45, 2.75) is 58.4 Å². The Labute approximate surface area is 128 Å². The average Bonchev–Trinajstić information content (AvgIpc) is 3.21. The van der Waals surface area contributed by atoms with Crippen LogP contribution >= 0.6 is 0 Å². The monoisotopic (exact) mass is 289 g/mol. The Bertz CT molecular complexity index is 476. The van der Waals surface area contributed by atoms with E-state index in [2.05, 4.69) is 25.2 Å². The maximum atomic E-state index is 13.4. The molecule has 2 aliphatic rings. The summed E-state index contributed by atoms with van der Waals surface area (Å²) in [4.78, 5) is 0. The molecule has 0 radical (unpaired) electrons. The molecule has 116 valence electrons. The second-order valence-corrected chi connectivity index (χ2v) is 7.94. The lowest BCUT2D eigenvalue weighted by Gasteiger charge is -2.41. The summed E-state index contributed by atoms with van der Waals surface area (Å²) in [6, 6.07) is 7.97. The number of halogens is 1. The van der Waals surface area contributed by atoms with Gasteiger partial charge >= 0.3 is 0 Å². The Morgan fingerprint density at radius 1 is 1.19 bits per heavy atom. The van der Waals surface area contributed by atoms with Crippen molar-refractivity contribution in [2.75, 3.05) is 6.54 Å². The van der Waals surface area contributed by atoms with Crippen LogP contribution in [0.4, 0.5) is 4.39 Å². The Balaban J connectivity index is 1.66. The van der Waals surface area contributed by atoms with Gasteiger partial charge in [0.2, 0.25) is 0 Å². The van der Waals surface area contributed by atoms with Crippen LogP contribution < -0.4 is 5.32 Å². The van der Waals surface area contributed by atoms with E-state index < -0.39 is 0 Å². The van der Waals surface area contributed by atoms with E-state index >= 15 is 0 Å². The number of rotatable bonds is 5. The lowest BCUT2D eigenvalue weighted by atomic mass is 9.65. The van der Waals surface area contributed by atoms with E-state index in [9.17, 15) is 4.39 Å². The lowest BCUT2D eigenvalue weighted by Crippen LogP contribution is -2.37. The molecular formula is C19H28FN. The zero-order valence-electron chi connectivity index (χ0n) is 13.4. The summed E-state index contributed by atoms with van der Waals surface area (Å²) in [5.74, 6) is 1.33. The van der Waals surface area contributed by atoms with Crippen molar-refractivity contribution >= 4 is 0 Å². The Kier molecular flexibility index (Phi) is 4.35. The van der Waals surface area contributed by atoms with Crippen LogP contribution in [0.5, 0.6) is 0 Å². The molecule has 2 fully saturated rings. The molecule has 21 heavy (non-hydrogen) atoms. The van der Waals surface area contributed by atoms with Gasteiger partial charge < -0.3 is 5.32 Å². The van der Waals surface area contributed by atoms with Gasteiger partial charge in [-0.15, -0.1) is 0 Å². The number of hydrogen-bond acceptors (Lipinski definition) is 1. The van der Waals surface area contributed by atoms with E-state index in [1.54, 1.807) is 12.1 Å². The van der Waals surface area contributed by atoms with Gasteiger partial charge in [0, 0.05) is 6.04 Å². The molecule has 0 spiro atoms. The Hall–Kier alpha value is -0.890. The van der Waals surface area contributed by atoms with E-state index in [4.69, 9.17) is 0 Å². The predicted molar refractivity (Wildman–Crippen MR) is 85.7 cm³/mol. The number of hydrogen-bond donors (Lipinski definition) is 1. The molecule has 0 heterocycles. The molecule has 1 aromatic rings. The van der Waals surface area contributed by atoms with Crippen molar-refractivity contribution in [3.05, 3.63) is 35.6 Å². The van der Waals surface area contributed by atoms with Crippen LogP contribution in [-0.4, -0.2) is 12.6 Å². The van der Waals surface area contributed by atoms with Crippen molar-refractivity contribution < 1.29 is 4.39 Å². The van der Waals surface area contributed by atoms with E-state index in [-0.39, 0.29) is 5.82 Å². The van der Waals surface area contributed by atoms with E-state index in [1.165, 1.54) is 32.1 Å². The number of nitrogens with one attached hydrogen (secondary N) is 1. The summed E-state index contributed by atoms with van der Waals surface area (Å²) < 4.78 is 13.4. The molecule has 2 unspecified atom stereocenters. The van der Waals surface area contributed by atoms with Crippen molar-refractivity contribution in [3.8, 4) is 0 Å². The van der Waals surface area contributed by atoms with Crippen LogP contribution in [0, 0.1) is 23.1 Å². The van der Waals surface area contributed by atoms with Crippen LogP contribution in [0.25, 0.3) is 0 Å². The zero-order chi connectivity index (χ0) is 14.9. The summed E-state index contributed by atoms with van der Waals surface area (Å²) in [7, 11) is 0. The summed E-state index contributed by atoms with van der Waals surface area (Å²) in [6.07, 6.45) is 7.63. The fourth-order valence-corrected chi connectivity index (χ4v) is 3.87. The van der Waals surface area contributed by atoms with Crippen LogP contribution in [-0.2, 0) is 6.42 Å². The first kappa shape index (κ1) is 15.0. The minimum absolute atomic E-state index is 0.102. The molecule has 0 amide bonds. The van der Waals surface area contributed by atoms with E-state index in [1.807, 2.05) is 6.07 Å². The van der Waals surface area contributed by atoms with Gasteiger partial charge in [0.15, 0.2) is 0 Å². The zero-order valence-corrected chi connectivity index (χ0v) is 13.4. The molecule has 0 aliphatic heterocycles. The van der Waals surface area contributed by atoms with Gasteiger partial charge in [-0.3, -0.25) is 0 Å². The van der Waals surface area contributed by atoms with Gasteiger partial charge in [-0.1, -0.05) is 26.0 Å². The number of benzene rings is 1. The summed E-state index contributed by atoms with van der Waals surface area (Å²) in [6.45, 7) is 5.92. The van der Waals surface area contributed by atoms with Crippen molar-refractivity contribution in [3.63, 3.8) is 0 Å². The van der Waals surface area contributed by atoms with Gasteiger partial charge in [-0.25, -0.2) is 4.39 Å². The highest BCUT2D eigenvalue weighted by Gasteiger charge is 2.35. The molecule has 1 N–H and O–H groups in total. The molecule has 2 atom stereocenters. The molecule has 0 aromatic heterocycles. The van der Waals surface area contributed by atoms with Crippen LogP contribution in [0.15, 0.2) is 24.3 Å². The van der Waals surface area contributed by atoms with Crippen LogP contribution in [0.3, 0.4) is 0 Å². The predicted octanol–water partition coefficient (Wildman–Crippen LogP) is 4.56. The molecule has 2 heteroatoms. The second-order valence-electron chi connectivity index (χ2n) is 7.94. The fraction of sp³-hybridized carbons (Fsp3) is 0.684. The van der Waals surface area contributed by atoms with Gasteiger partial charge in [-0.05, 0) is 80.0 Å². The third kappa shape index (κ3) is 4.29. The molecule has 3 rings (SSSR count). The first-order valence-corrected chi connectivity index (χ1v) is 8.50. The van der Waals surface area contributed by atoms with Gasteiger partial charge in [0.05, 0.1) is 0 Å². The van der Waals surface area contributed by atoms with Crippen LogP contribution in [0.2, 0.25) is 0 Å². The molecule has 0 bridgehead atoms. The molecule has 2 saturated carbocycles. The highest BCUT2D eigenvalue weighted by molar-refractivity contribution is 5.17. The second kappa shape index (κ2) is 6.08. The van der Waals surface area contributed by atoms with Crippen molar-refractivity contribution in [1.29, 1.82) is 0 Å². The molecule has 0 saturated heterocycles. The standard InChI is InChI=1S/C19H28FN/c1-19(2)9-8-15(13-21-18-6-7-18)16(12-19)10-14-4-3-5-17(20)11-14/h3-5,11,15-16,18,21H,6-10,12-13H2,1-2H3. The maximum absolute atomic E-state index is 13.4. The third-order valence-electron chi connectivity index (χ3n) is 5.31. The largest absolute Gasteiger partial charge is 0.314 e. The molecule has 2 aliphatic carbocycles. The lowest BCUT2D eigenvalue weighted by molar-refractivity contribution is 0.115. The minimum atomic E-state index is -0.102. The molecular weight excluding hydrogens is 261 g/mol. The Morgan fingerprint density at radius 3 is 2.71 bits per heavy atom. The summed E-state index contributed by atoms with van der Waals surface area (Å²) >= 11 is 0. The average molecular weight is 289 g/mol. The van der Waals surface area contributed by atoms with Crippen molar-refractivity contribution in [1.82, 2.24) is 5.32 Å². The summed E-state index contributed by atoms with van der Waals surface area (Å²) in [5.41, 5.74) is 1.60. The van der Waals surface area contributed by atoms with Gasteiger partial charge in [-0.2, -0.15) is 0 Å². The quantitative estimate of drug-likeness (QED) is 0.837. The molecule has 1 nitrogen and oxygen atoms in total. The topological polar surface area (TPSA) is 12.0 Å². The van der Waals surface area contributed by atoms with Crippen molar-refractivity contribution in [2.24, 2.45) is 17.3 Å². The van der Waals surface area contributed by atoms with E-state index in [0.29, 0.717) is 11.3 Å². The highest BCUT2D eigenvalue weighted by Crippen LogP contribution is 2.43. The van der Waals surface area contributed by atoms with Crippen LogP contribution in [0.1, 0.15) is 51.5 Å². The smallest absolute Gasteiger partial charge is 0.123 e. The van der Waals surface area contributed by atoms with E-state index in [0.717, 1.165) is 30.5 Å². The van der Waals surface area contributed by atoms with Gasteiger partial charge in [0.25, 0.3) is 0 Å². The fourth-order valence-electron chi connectivity index (χ4n) is 3.87. The minimum Gasteiger partial charge on any atom is -0.314 e.